The first-order chi connectivity index (χ1) is 18.1. The van der Waals surface area contributed by atoms with Gasteiger partial charge in [0.2, 0.25) is 0 Å². The Morgan fingerprint density at radius 2 is 1.86 bits per heavy atom. The Morgan fingerprint density at radius 1 is 1.11 bits per heavy atom. The quantitative estimate of drug-likeness (QED) is 0.537. The van der Waals surface area contributed by atoms with E-state index in [2.05, 4.69) is 51.0 Å². The lowest BCUT2D eigenvalue weighted by Crippen LogP contribution is -2.45. The fourth-order valence-corrected chi connectivity index (χ4v) is 5.89. The number of hydrogen-bond acceptors (Lipinski definition) is 7. The Hall–Kier alpha value is -3.77. The molecule has 2 aromatic carbocycles. The van der Waals surface area contributed by atoms with Gasteiger partial charge in [-0.2, -0.15) is 0 Å². The zero-order valence-electron chi connectivity index (χ0n) is 20.6. The number of anilines is 1. The molecule has 1 saturated heterocycles. The number of carbonyl (C=O) groups excluding carboxylic acids is 1. The second-order valence-electron chi connectivity index (χ2n) is 9.96. The second-order valence-corrected chi connectivity index (χ2v) is 9.96. The third kappa shape index (κ3) is 4.25. The molecule has 3 heterocycles. The normalized spacial score (nSPS) is 19.5. The van der Waals surface area contributed by atoms with Gasteiger partial charge in [0.15, 0.2) is 5.82 Å². The molecule has 3 N–H and O–H groups in total. The van der Waals surface area contributed by atoms with Crippen LogP contribution in [0.5, 0.6) is 0 Å². The van der Waals surface area contributed by atoms with Crippen molar-refractivity contribution in [1.82, 2.24) is 15.0 Å². The van der Waals surface area contributed by atoms with Crippen molar-refractivity contribution in [1.29, 1.82) is 0 Å². The average molecular weight is 496 g/mol. The van der Waals surface area contributed by atoms with Gasteiger partial charge in [0.25, 0.3) is 5.91 Å². The highest BCUT2D eigenvalue weighted by atomic mass is 16.7. The summed E-state index contributed by atoms with van der Waals surface area (Å²) < 4.78 is 0. The summed E-state index contributed by atoms with van der Waals surface area (Å²) in [5.41, 5.74) is 12.0. The van der Waals surface area contributed by atoms with Gasteiger partial charge >= 0.3 is 0 Å². The van der Waals surface area contributed by atoms with Crippen molar-refractivity contribution in [2.75, 3.05) is 24.6 Å². The number of piperidine rings is 1. The van der Waals surface area contributed by atoms with Crippen molar-refractivity contribution in [2.45, 2.75) is 38.5 Å². The number of nitrogens with zero attached hydrogens (tertiary/aromatic N) is 4. The SMILES string of the molecule is NC1c2ccccc2CC12CCN(c1ncc(C#CCON3Cc4ccccc4C3=O)nc1CO)CC2. The number of nitrogens with two attached hydrogens (primary N) is 1. The van der Waals surface area contributed by atoms with Gasteiger partial charge in [0, 0.05) is 24.7 Å². The summed E-state index contributed by atoms with van der Waals surface area (Å²) in [6, 6.07) is 16.0. The Labute approximate surface area is 216 Å². The van der Waals surface area contributed by atoms with E-state index in [1.165, 1.54) is 16.2 Å². The summed E-state index contributed by atoms with van der Waals surface area (Å²) in [5, 5.41) is 11.3. The molecule has 3 aromatic rings. The summed E-state index contributed by atoms with van der Waals surface area (Å²) in [6.07, 6.45) is 4.57. The minimum atomic E-state index is -0.221. The van der Waals surface area contributed by atoms with E-state index in [-0.39, 0.29) is 30.6 Å². The third-order valence-electron chi connectivity index (χ3n) is 7.92. The van der Waals surface area contributed by atoms with Crippen LogP contribution in [0.2, 0.25) is 0 Å². The van der Waals surface area contributed by atoms with Crippen molar-refractivity contribution >= 4 is 11.7 Å². The molecule has 37 heavy (non-hydrogen) atoms. The van der Waals surface area contributed by atoms with Crippen LogP contribution in [0, 0.1) is 17.3 Å². The molecule has 1 fully saturated rings. The monoisotopic (exact) mass is 495 g/mol. The first-order valence-corrected chi connectivity index (χ1v) is 12.6. The molecule has 6 rings (SSSR count). The maximum absolute atomic E-state index is 12.4. The highest BCUT2D eigenvalue weighted by Gasteiger charge is 2.46. The molecule has 0 bridgehead atoms. The van der Waals surface area contributed by atoms with Crippen LogP contribution in [0.3, 0.4) is 0 Å². The van der Waals surface area contributed by atoms with Crippen molar-refractivity contribution in [2.24, 2.45) is 11.1 Å². The molecular formula is C29H29N5O3. The first kappa shape index (κ1) is 23.6. The second kappa shape index (κ2) is 9.60. The molecule has 1 unspecified atom stereocenters. The van der Waals surface area contributed by atoms with Gasteiger partial charge in [-0.05, 0) is 53.4 Å². The van der Waals surface area contributed by atoms with Gasteiger partial charge in [-0.3, -0.25) is 9.63 Å². The van der Waals surface area contributed by atoms with Crippen molar-refractivity contribution in [3.05, 3.63) is 88.4 Å². The van der Waals surface area contributed by atoms with Crippen LogP contribution in [-0.4, -0.2) is 45.7 Å². The zero-order chi connectivity index (χ0) is 25.4. The smallest absolute Gasteiger partial charge is 0.278 e. The Balaban J connectivity index is 1.08. The lowest BCUT2D eigenvalue weighted by atomic mass is 9.73. The van der Waals surface area contributed by atoms with E-state index in [9.17, 15) is 9.90 Å². The molecule has 3 aliphatic rings. The molecule has 1 atom stereocenters. The number of aliphatic hydroxyl groups is 1. The number of rotatable bonds is 4. The highest BCUT2D eigenvalue weighted by Crippen LogP contribution is 2.51. The number of amides is 1. The van der Waals surface area contributed by atoms with Crippen molar-refractivity contribution in [3.63, 3.8) is 0 Å². The molecule has 8 nitrogen and oxygen atoms in total. The Kier molecular flexibility index (Phi) is 6.13. The number of carbonyl (C=O) groups is 1. The number of hydrogen-bond donors (Lipinski definition) is 2. The summed E-state index contributed by atoms with van der Waals surface area (Å²) in [5.74, 6) is 6.37. The van der Waals surface area contributed by atoms with Crippen LogP contribution < -0.4 is 10.6 Å². The molecule has 1 aliphatic carbocycles. The van der Waals surface area contributed by atoms with E-state index < -0.39 is 0 Å². The summed E-state index contributed by atoms with van der Waals surface area (Å²) in [7, 11) is 0. The van der Waals surface area contributed by atoms with Gasteiger partial charge in [0.1, 0.15) is 18.0 Å². The summed E-state index contributed by atoms with van der Waals surface area (Å²) in [4.78, 5) is 29.3. The fourth-order valence-electron chi connectivity index (χ4n) is 5.89. The molecule has 1 aromatic heterocycles. The van der Waals surface area contributed by atoms with Gasteiger partial charge in [-0.1, -0.05) is 48.4 Å². The Morgan fingerprint density at radius 3 is 2.62 bits per heavy atom. The van der Waals surface area contributed by atoms with E-state index in [4.69, 9.17) is 10.6 Å². The predicted octanol–water partition coefficient (Wildman–Crippen LogP) is 2.75. The maximum atomic E-state index is 12.4. The Bertz CT molecular complexity index is 1400. The minimum absolute atomic E-state index is 0.0501. The summed E-state index contributed by atoms with van der Waals surface area (Å²) in [6.45, 7) is 1.87. The molecule has 8 heteroatoms. The first-order valence-electron chi connectivity index (χ1n) is 12.6. The standard InChI is InChI=1S/C29H29N5O3/c30-26-23-9-3-1-6-20(23)16-29(26)11-13-33(14-12-29)27-25(19-35)32-22(17-31-27)8-5-15-37-34-18-21-7-2-4-10-24(21)28(34)36/h1-4,6-7,9-10,17,26,35H,11-16,18-19,30H2. The van der Waals surface area contributed by atoms with Crippen LogP contribution >= 0.6 is 0 Å². The van der Waals surface area contributed by atoms with E-state index in [0.717, 1.165) is 37.9 Å². The average Bonchev–Trinajstić information content (AvgIpc) is 3.40. The van der Waals surface area contributed by atoms with Gasteiger partial charge in [0.05, 0.1) is 19.3 Å². The molecule has 188 valence electrons. The largest absolute Gasteiger partial charge is 0.390 e. The van der Waals surface area contributed by atoms with Crippen molar-refractivity contribution in [3.8, 4) is 11.8 Å². The lowest BCUT2D eigenvalue weighted by Gasteiger charge is -2.42. The van der Waals surface area contributed by atoms with E-state index in [0.29, 0.717) is 29.3 Å². The number of benzene rings is 2. The lowest BCUT2D eigenvalue weighted by molar-refractivity contribution is -0.111. The third-order valence-corrected chi connectivity index (χ3v) is 7.92. The van der Waals surface area contributed by atoms with Gasteiger partial charge < -0.3 is 15.7 Å². The van der Waals surface area contributed by atoms with Crippen molar-refractivity contribution < 1.29 is 14.7 Å². The molecule has 1 spiro atoms. The molecule has 2 aliphatic heterocycles. The van der Waals surface area contributed by atoms with Gasteiger partial charge in [-0.15, -0.1) is 0 Å². The molecule has 0 saturated carbocycles. The highest BCUT2D eigenvalue weighted by molar-refractivity contribution is 5.97. The van der Waals surface area contributed by atoms with Crippen LogP contribution in [0.15, 0.2) is 54.7 Å². The van der Waals surface area contributed by atoms with Crippen LogP contribution in [0.25, 0.3) is 0 Å². The molecule has 1 amide bonds. The van der Waals surface area contributed by atoms with Crippen LogP contribution in [0.1, 0.15) is 57.3 Å². The number of aromatic nitrogens is 2. The maximum Gasteiger partial charge on any atom is 0.278 e. The zero-order valence-corrected chi connectivity index (χ0v) is 20.6. The fraction of sp³-hybridized carbons (Fsp3) is 0.345. The van der Waals surface area contributed by atoms with E-state index in [1.807, 2.05) is 18.2 Å². The number of hydroxylamine groups is 2. The summed E-state index contributed by atoms with van der Waals surface area (Å²) >= 11 is 0. The molecule has 0 radical (unpaired) electrons. The number of aliphatic hydroxyl groups excluding tert-OH is 1. The van der Waals surface area contributed by atoms with Crippen LogP contribution in [0.4, 0.5) is 5.82 Å². The minimum Gasteiger partial charge on any atom is -0.390 e. The van der Waals surface area contributed by atoms with Crippen LogP contribution in [-0.2, 0) is 24.4 Å². The van der Waals surface area contributed by atoms with E-state index >= 15 is 0 Å². The predicted molar refractivity (Wildman–Crippen MR) is 138 cm³/mol. The topological polar surface area (TPSA) is 105 Å². The van der Waals surface area contributed by atoms with Gasteiger partial charge in [-0.25, -0.2) is 15.0 Å². The number of fused-ring (bicyclic) bond motifs is 2. The van der Waals surface area contributed by atoms with E-state index in [1.54, 1.807) is 12.3 Å². The molecular weight excluding hydrogens is 466 g/mol.